The number of aromatic hydroxyl groups is 1. The zero-order chi connectivity index (χ0) is 26.2. The molecule has 1 fully saturated rings. The van der Waals surface area contributed by atoms with E-state index in [-0.39, 0.29) is 17.8 Å². The quantitative estimate of drug-likeness (QED) is 0.303. The third kappa shape index (κ3) is 4.95. The van der Waals surface area contributed by atoms with Crippen LogP contribution in [0.1, 0.15) is 23.5 Å². The molecule has 0 unspecified atom stereocenters. The van der Waals surface area contributed by atoms with Gasteiger partial charge in [-0.2, -0.15) is 0 Å². The Morgan fingerprint density at radius 3 is 2.49 bits per heavy atom. The Balaban J connectivity index is 1.64. The van der Waals surface area contributed by atoms with E-state index in [4.69, 9.17) is 17.0 Å². The van der Waals surface area contributed by atoms with Crippen LogP contribution in [0.25, 0.3) is 5.69 Å². The van der Waals surface area contributed by atoms with Gasteiger partial charge in [0.05, 0.1) is 30.8 Å². The minimum atomic E-state index is -3.49. The van der Waals surface area contributed by atoms with E-state index in [9.17, 15) is 13.5 Å². The van der Waals surface area contributed by atoms with Gasteiger partial charge in [0, 0.05) is 35.5 Å². The summed E-state index contributed by atoms with van der Waals surface area (Å²) in [5.74, 6) is 0.545. The number of aromatic nitrogens is 2. The van der Waals surface area contributed by atoms with Crippen molar-refractivity contribution in [2.75, 3.05) is 23.0 Å². The van der Waals surface area contributed by atoms with Crippen molar-refractivity contribution in [3.8, 4) is 17.2 Å². The molecule has 3 heterocycles. The summed E-state index contributed by atoms with van der Waals surface area (Å²) in [7, 11) is -2.01. The fraction of sp³-hybridized carbons (Fsp3) is 0.154. The molecular formula is C26H25N5O4S2. The van der Waals surface area contributed by atoms with Crippen LogP contribution in [0.2, 0.25) is 0 Å². The Morgan fingerprint density at radius 2 is 1.81 bits per heavy atom. The summed E-state index contributed by atoms with van der Waals surface area (Å²) in [5.41, 5.74) is 3.68. The summed E-state index contributed by atoms with van der Waals surface area (Å²) < 4.78 is 33.7. The van der Waals surface area contributed by atoms with Gasteiger partial charge in [-0.05, 0) is 72.9 Å². The molecule has 4 aromatic rings. The number of pyridine rings is 1. The lowest BCUT2D eigenvalue weighted by molar-refractivity contribution is 0.417. The van der Waals surface area contributed by atoms with Gasteiger partial charge in [-0.25, -0.2) is 8.42 Å². The first-order chi connectivity index (χ1) is 17.7. The molecule has 0 spiro atoms. The zero-order valence-electron chi connectivity index (χ0n) is 20.1. The molecule has 0 saturated carbocycles. The first kappa shape index (κ1) is 24.6. The fourth-order valence-electron chi connectivity index (χ4n) is 4.53. The van der Waals surface area contributed by atoms with Crippen LogP contribution in [-0.2, 0) is 10.0 Å². The molecular weight excluding hydrogens is 510 g/mol. The molecule has 37 heavy (non-hydrogen) atoms. The molecule has 9 nitrogen and oxygen atoms in total. The number of ether oxygens (including phenoxy) is 1. The molecule has 1 saturated heterocycles. The number of nitrogens with one attached hydrogen (secondary N) is 2. The second-order valence-electron chi connectivity index (χ2n) is 8.57. The van der Waals surface area contributed by atoms with Crippen molar-refractivity contribution in [2.24, 2.45) is 0 Å². The average molecular weight is 536 g/mol. The maximum Gasteiger partial charge on any atom is 0.229 e. The molecule has 1 aliphatic rings. The Labute approximate surface area is 220 Å². The molecule has 5 rings (SSSR count). The minimum absolute atomic E-state index is 0.184. The Morgan fingerprint density at radius 1 is 1.05 bits per heavy atom. The number of methoxy groups -OCH3 is 1. The molecule has 2 atom stereocenters. The number of hydrogen-bond acceptors (Lipinski definition) is 6. The monoisotopic (exact) mass is 535 g/mol. The lowest BCUT2D eigenvalue weighted by atomic mass is 10.0. The van der Waals surface area contributed by atoms with Crippen LogP contribution in [0.4, 0.5) is 11.4 Å². The number of anilines is 2. The van der Waals surface area contributed by atoms with Crippen LogP contribution in [0, 0.1) is 0 Å². The molecule has 0 amide bonds. The lowest BCUT2D eigenvalue weighted by Crippen LogP contribution is -2.30. The van der Waals surface area contributed by atoms with Crippen molar-refractivity contribution in [1.29, 1.82) is 0 Å². The van der Waals surface area contributed by atoms with E-state index in [1.54, 1.807) is 36.5 Å². The van der Waals surface area contributed by atoms with Gasteiger partial charge in [-0.15, -0.1) is 0 Å². The number of hydrogen-bond donors (Lipinski definition) is 3. The van der Waals surface area contributed by atoms with Crippen molar-refractivity contribution in [3.63, 3.8) is 0 Å². The van der Waals surface area contributed by atoms with Crippen molar-refractivity contribution in [1.82, 2.24) is 14.9 Å². The Hall–Kier alpha value is -4.09. The highest BCUT2D eigenvalue weighted by Gasteiger charge is 2.42. The van der Waals surface area contributed by atoms with E-state index in [1.807, 2.05) is 58.1 Å². The van der Waals surface area contributed by atoms with E-state index < -0.39 is 10.0 Å². The van der Waals surface area contributed by atoms with Gasteiger partial charge in [-0.1, -0.05) is 6.07 Å². The van der Waals surface area contributed by atoms with E-state index in [0.29, 0.717) is 16.5 Å². The molecule has 11 heteroatoms. The second-order valence-corrected chi connectivity index (χ2v) is 10.7. The predicted molar refractivity (Wildman–Crippen MR) is 147 cm³/mol. The maximum absolute atomic E-state index is 11.8. The van der Waals surface area contributed by atoms with Crippen LogP contribution >= 0.6 is 12.2 Å². The predicted octanol–water partition coefficient (Wildman–Crippen LogP) is 4.14. The lowest BCUT2D eigenvalue weighted by Gasteiger charge is -2.29. The van der Waals surface area contributed by atoms with Gasteiger partial charge in [0.15, 0.2) is 5.11 Å². The molecule has 2 aromatic heterocycles. The topological polar surface area (TPSA) is 109 Å². The van der Waals surface area contributed by atoms with E-state index >= 15 is 0 Å². The summed E-state index contributed by atoms with van der Waals surface area (Å²) in [6, 6.07) is 21.3. The van der Waals surface area contributed by atoms with Crippen molar-refractivity contribution in [2.45, 2.75) is 12.1 Å². The van der Waals surface area contributed by atoms with Crippen molar-refractivity contribution >= 4 is 38.7 Å². The molecule has 1 aliphatic heterocycles. The van der Waals surface area contributed by atoms with Crippen molar-refractivity contribution < 1.29 is 18.3 Å². The van der Waals surface area contributed by atoms with Gasteiger partial charge in [0.2, 0.25) is 10.0 Å². The maximum atomic E-state index is 11.8. The number of phenols is 1. The van der Waals surface area contributed by atoms with E-state index in [1.165, 1.54) is 7.11 Å². The van der Waals surface area contributed by atoms with Crippen LogP contribution in [0.5, 0.6) is 11.5 Å². The fourth-order valence-corrected chi connectivity index (χ4v) is 5.44. The first-order valence-corrected chi connectivity index (χ1v) is 13.7. The van der Waals surface area contributed by atoms with Gasteiger partial charge in [0.1, 0.15) is 17.5 Å². The van der Waals surface area contributed by atoms with Gasteiger partial charge < -0.3 is 24.6 Å². The summed E-state index contributed by atoms with van der Waals surface area (Å²) in [6.45, 7) is 0. The van der Waals surface area contributed by atoms with Crippen LogP contribution in [-0.4, -0.2) is 41.6 Å². The standard InChI is InChI=1S/C26H25N5O4S2/c1-35-23-16-18(10-13-20(23)29-37(2,33)34)31-25(24(28-26(31)36)21-6-3-4-14-27-21)22-7-5-15-30(22)17-8-11-19(32)12-9-17/h3-16,24-25,29,32H,1-2H3,(H,28,36)/t24-,25+/m1/s1. The van der Waals surface area contributed by atoms with E-state index in [0.717, 1.165) is 29.0 Å². The highest BCUT2D eigenvalue weighted by Crippen LogP contribution is 2.44. The minimum Gasteiger partial charge on any atom is -0.508 e. The average Bonchev–Trinajstić information content (AvgIpc) is 3.49. The first-order valence-electron chi connectivity index (χ1n) is 11.4. The van der Waals surface area contributed by atoms with E-state index in [2.05, 4.69) is 15.0 Å². The summed E-state index contributed by atoms with van der Waals surface area (Å²) in [5, 5.41) is 13.7. The molecule has 190 valence electrons. The number of benzene rings is 2. The molecule has 2 aromatic carbocycles. The second kappa shape index (κ2) is 9.75. The van der Waals surface area contributed by atoms with Gasteiger partial charge in [-0.3, -0.25) is 9.71 Å². The number of nitrogens with zero attached hydrogens (tertiary/aromatic N) is 3. The molecule has 3 N–H and O–H groups in total. The highest BCUT2D eigenvalue weighted by molar-refractivity contribution is 7.92. The molecule has 0 aliphatic carbocycles. The SMILES string of the molecule is COc1cc(N2C(=S)N[C@H](c3ccccn3)[C@@H]2c2cccn2-c2ccc(O)cc2)ccc1NS(C)(=O)=O. The number of phenolic OH excluding ortho intramolecular Hbond substituents is 1. The molecule has 0 bridgehead atoms. The van der Waals surface area contributed by atoms with Crippen LogP contribution in [0.15, 0.2) is 85.2 Å². The van der Waals surface area contributed by atoms with Crippen LogP contribution in [0.3, 0.4) is 0 Å². The van der Waals surface area contributed by atoms with Gasteiger partial charge in [0.25, 0.3) is 0 Å². The third-order valence-electron chi connectivity index (χ3n) is 6.07. The molecule has 0 radical (unpaired) electrons. The summed E-state index contributed by atoms with van der Waals surface area (Å²) in [6.07, 6.45) is 4.79. The van der Waals surface area contributed by atoms with Crippen LogP contribution < -0.4 is 19.7 Å². The third-order valence-corrected chi connectivity index (χ3v) is 6.97. The number of sulfonamides is 1. The Kier molecular flexibility index (Phi) is 6.48. The Bertz CT molecular complexity index is 1540. The highest BCUT2D eigenvalue weighted by atomic mass is 32.2. The normalized spacial score (nSPS) is 17.5. The summed E-state index contributed by atoms with van der Waals surface area (Å²) >= 11 is 5.82. The summed E-state index contributed by atoms with van der Waals surface area (Å²) in [4.78, 5) is 6.57. The largest absolute Gasteiger partial charge is 0.508 e. The number of rotatable bonds is 7. The zero-order valence-corrected chi connectivity index (χ0v) is 21.7. The van der Waals surface area contributed by atoms with Crippen molar-refractivity contribution in [3.05, 3.63) is 96.6 Å². The smallest absolute Gasteiger partial charge is 0.229 e. The van der Waals surface area contributed by atoms with Gasteiger partial charge >= 0.3 is 0 Å². The number of thiocarbonyl (C=S) groups is 1.